The third kappa shape index (κ3) is 3.36. The molecule has 2 aromatic rings. The van der Waals surface area contributed by atoms with E-state index in [1.807, 2.05) is 23.1 Å². The van der Waals surface area contributed by atoms with Gasteiger partial charge in [-0.3, -0.25) is 0 Å². The summed E-state index contributed by atoms with van der Waals surface area (Å²) in [4.78, 5) is 0. The average molecular weight is 318 g/mol. The van der Waals surface area contributed by atoms with Crippen molar-refractivity contribution in [1.82, 2.24) is 5.32 Å². The number of thioether (sulfide) groups is 1. The van der Waals surface area contributed by atoms with Crippen LogP contribution in [0.15, 0.2) is 46.0 Å². The van der Waals surface area contributed by atoms with Crippen LogP contribution in [0.25, 0.3) is 0 Å². The van der Waals surface area contributed by atoms with Gasteiger partial charge in [-0.25, -0.2) is 0 Å². The van der Waals surface area contributed by atoms with Crippen LogP contribution in [0.4, 0.5) is 0 Å². The van der Waals surface area contributed by atoms with E-state index in [9.17, 15) is 0 Å². The molecule has 1 aliphatic heterocycles. The zero-order chi connectivity index (χ0) is 14.9. The Morgan fingerprint density at radius 3 is 2.71 bits per heavy atom. The number of benzene rings is 1. The third-order valence-electron chi connectivity index (χ3n) is 4.26. The Morgan fingerprint density at radius 1 is 1.19 bits per heavy atom. The molecule has 112 valence electrons. The molecule has 0 fully saturated rings. The van der Waals surface area contributed by atoms with Gasteiger partial charge in [0.15, 0.2) is 0 Å². The molecule has 0 saturated carbocycles. The van der Waals surface area contributed by atoms with Crippen LogP contribution >= 0.6 is 23.1 Å². The summed E-state index contributed by atoms with van der Waals surface area (Å²) in [5.74, 6) is 0. The lowest BCUT2D eigenvalue weighted by Gasteiger charge is -2.32. The molecule has 0 spiro atoms. The van der Waals surface area contributed by atoms with Gasteiger partial charge >= 0.3 is 0 Å². The SMILES string of the molecule is C[C@H]1CC(NCC(C)(C)c2ccccc2)c2ccsc2S1. The van der Waals surface area contributed by atoms with Gasteiger partial charge in [-0.1, -0.05) is 51.1 Å². The summed E-state index contributed by atoms with van der Waals surface area (Å²) in [7, 11) is 0. The fourth-order valence-corrected chi connectivity index (χ4v) is 5.48. The van der Waals surface area contributed by atoms with Crippen molar-refractivity contribution in [2.75, 3.05) is 6.54 Å². The van der Waals surface area contributed by atoms with Crippen LogP contribution < -0.4 is 5.32 Å². The van der Waals surface area contributed by atoms with Gasteiger partial charge in [0.2, 0.25) is 0 Å². The first kappa shape index (κ1) is 15.1. The number of thiophene rings is 1. The smallest absolute Gasteiger partial charge is 0.0649 e. The first-order chi connectivity index (χ1) is 10.1. The van der Waals surface area contributed by atoms with E-state index in [0.29, 0.717) is 11.3 Å². The summed E-state index contributed by atoms with van der Waals surface area (Å²) in [6.45, 7) is 7.99. The number of rotatable bonds is 4. The highest BCUT2D eigenvalue weighted by molar-refractivity contribution is 8.01. The predicted octanol–water partition coefficient (Wildman–Crippen LogP) is 5.24. The van der Waals surface area contributed by atoms with Gasteiger partial charge in [0.1, 0.15) is 0 Å². The van der Waals surface area contributed by atoms with Crippen LogP contribution in [0.5, 0.6) is 0 Å². The minimum atomic E-state index is 0.158. The molecule has 3 heteroatoms. The molecular weight excluding hydrogens is 294 g/mol. The summed E-state index contributed by atoms with van der Waals surface area (Å²) < 4.78 is 1.50. The molecule has 0 amide bonds. The topological polar surface area (TPSA) is 12.0 Å². The van der Waals surface area contributed by atoms with Crippen LogP contribution in [0.3, 0.4) is 0 Å². The molecule has 0 saturated heterocycles. The number of hydrogen-bond acceptors (Lipinski definition) is 3. The number of fused-ring (bicyclic) bond motifs is 1. The monoisotopic (exact) mass is 317 g/mol. The zero-order valence-electron chi connectivity index (χ0n) is 12.9. The van der Waals surface area contributed by atoms with E-state index < -0.39 is 0 Å². The highest BCUT2D eigenvalue weighted by Crippen LogP contribution is 2.43. The highest BCUT2D eigenvalue weighted by atomic mass is 32.2. The van der Waals surface area contributed by atoms with E-state index in [2.05, 4.69) is 67.9 Å². The van der Waals surface area contributed by atoms with Gasteiger partial charge in [-0.05, 0) is 29.0 Å². The van der Waals surface area contributed by atoms with Crippen molar-refractivity contribution in [3.8, 4) is 0 Å². The average Bonchev–Trinajstić information content (AvgIpc) is 2.94. The summed E-state index contributed by atoms with van der Waals surface area (Å²) in [5, 5.41) is 6.76. The van der Waals surface area contributed by atoms with E-state index in [1.165, 1.54) is 21.8 Å². The maximum atomic E-state index is 3.83. The lowest BCUT2D eigenvalue weighted by molar-refractivity contribution is 0.404. The van der Waals surface area contributed by atoms with Crippen molar-refractivity contribution in [1.29, 1.82) is 0 Å². The van der Waals surface area contributed by atoms with E-state index >= 15 is 0 Å². The molecule has 1 aliphatic rings. The number of nitrogens with one attached hydrogen (secondary N) is 1. The van der Waals surface area contributed by atoms with Gasteiger partial charge in [-0.2, -0.15) is 0 Å². The highest BCUT2D eigenvalue weighted by Gasteiger charge is 2.28. The third-order valence-corrected chi connectivity index (χ3v) is 6.60. The van der Waals surface area contributed by atoms with E-state index in [0.717, 1.165) is 6.54 Å². The summed E-state index contributed by atoms with van der Waals surface area (Å²) in [5.41, 5.74) is 3.07. The molecule has 1 unspecified atom stereocenters. The predicted molar refractivity (Wildman–Crippen MR) is 94.5 cm³/mol. The number of hydrogen-bond donors (Lipinski definition) is 1. The standard InChI is InChI=1S/C18H23NS2/c1-13-11-16(15-9-10-20-17(15)21-13)19-12-18(2,3)14-7-5-4-6-8-14/h4-10,13,16,19H,11-12H2,1-3H3/t13-,16?/m0/s1. The van der Waals surface area contributed by atoms with Crippen molar-refractivity contribution >= 4 is 23.1 Å². The molecular formula is C18H23NS2. The molecule has 3 rings (SSSR count). The first-order valence-corrected chi connectivity index (χ1v) is 9.35. The minimum Gasteiger partial charge on any atom is -0.309 e. The second-order valence-corrected chi connectivity index (χ2v) is 9.13. The molecule has 1 nitrogen and oxygen atoms in total. The Hall–Kier alpha value is -0.770. The van der Waals surface area contributed by atoms with Gasteiger partial charge in [0.25, 0.3) is 0 Å². The minimum absolute atomic E-state index is 0.158. The zero-order valence-corrected chi connectivity index (χ0v) is 14.6. The molecule has 0 aliphatic carbocycles. The van der Waals surface area contributed by atoms with Crippen molar-refractivity contribution in [3.63, 3.8) is 0 Å². The van der Waals surface area contributed by atoms with Gasteiger partial charge in [0, 0.05) is 23.3 Å². The van der Waals surface area contributed by atoms with Gasteiger partial charge < -0.3 is 5.32 Å². The maximum absolute atomic E-state index is 3.83. The van der Waals surface area contributed by atoms with Crippen LogP contribution in [0.2, 0.25) is 0 Å². The van der Waals surface area contributed by atoms with Crippen molar-refractivity contribution in [3.05, 3.63) is 52.9 Å². The fourth-order valence-electron chi connectivity index (χ4n) is 2.91. The summed E-state index contributed by atoms with van der Waals surface area (Å²) >= 11 is 3.92. The van der Waals surface area contributed by atoms with Gasteiger partial charge in [0.05, 0.1) is 4.21 Å². The Labute approximate surface area is 136 Å². The lowest BCUT2D eigenvalue weighted by Crippen LogP contribution is -2.37. The molecule has 1 aromatic heterocycles. The quantitative estimate of drug-likeness (QED) is 0.827. The Bertz CT molecular complexity index is 588. The van der Waals surface area contributed by atoms with Crippen LogP contribution in [0, 0.1) is 0 Å². The molecule has 21 heavy (non-hydrogen) atoms. The van der Waals surface area contributed by atoms with Gasteiger partial charge in [-0.15, -0.1) is 23.1 Å². The summed E-state index contributed by atoms with van der Waals surface area (Å²) in [6.07, 6.45) is 1.22. The Balaban J connectivity index is 1.71. The Morgan fingerprint density at radius 2 is 1.95 bits per heavy atom. The largest absolute Gasteiger partial charge is 0.309 e. The Kier molecular flexibility index (Phi) is 4.43. The van der Waals surface area contributed by atoms with E-state index in [-0.39, 0.29) is 5.41 Å². The molecule has 1 aromatic carbocycles. The summed E-state index contributed by atoms with van der Waals surface area (Å²) in [6, 6.07) is 13.6. The van der Waals surface area contributed by atoms with E-state index in [1.54, 1.807) is 0 Å². The van der Waals surface area contributed by atoms with E-state index in [4.69, 9.17) is 0 Å². The second kappa shape index (κ2) is 6.15. The molecule has 0 bridgehead atoms. The molecule has 2 atom stereocenters. The maximum Gasteiger partial charge on any atom is 0.0649 e. The van der Waals surface area contributed by atoms with Crippen LogP contribution in [-0.4, -0.2) is 11.8 Å². The van der Waals surface area contributed by atoms with Crippen molar-refractivity contribution < 1.29 is 0 Å². The second-order valence-electron chi connectivity index (χ2n) is 6.51. The van der Waals surface area contributed by atoms with Crippen molar-refractivity contribution in [2.24, 2.45) is 0 Å². The molecule has 0 radical (unpaired) electrons. The van der Waals surface area contributed by atoms with Crippen LogP contribution in [-0.2, 0) is 5.41 Å². The molecule has 2 heterocycles. The first-order valence-electron chi connectivity index (χ1n) is 7.59. The normalized spacial score (nSPS) is 22.0. The van der Waals surface area contributed by atoms with Crippen LogP contribution in [0.1, 0.15) is 44.4 Å². The van der Waals surface area contributed by atoms with Crippen molar-refractivity contribution in [2.45, 2.75) is 48.1 Å². The molecule has 1 N–H and O–H groups in total. The lowest BCUT2D eigenvalue weighted by atomic mass is 9.84. The fraction of sp³-hybridized carbons (Fsp3) is 0.444.